The molecule has 1 heterocycles. The highest BCUT2D eigenvalue weighted by atomic mass is 79.9. The molecule has 1 aromatic carbocycles. The Morgan fingerprint density at radius 2 is 2.25 bits per heavy atom. The minimum atomic E-state index is -0.975. The van der Waals surface area contributed by atoms with Gasteiger partial charge in [-0.05, 0) is 31.0 Å². The highest BCUT2D eigenvalue weighted by molar-refractivity contribution is 9.10. The highest BCUT2D eigenvalue weighted by Gasteiger charge is 2.33. The van der Waals surface area contributed by atoms with Gasteiger partial charge in [-0.3, -0.25) is 4.79 Å². The molecular weight excluding hydrogens is 350 g/mol. The fraction of sp³-hybridized carbons (Fsp3) is 0.385. The van der Waals surface area contributed by atoms with E-state index in [1.807, 2.05) is 0 Å². The molecule has 1 aromatic rings. The van der Waals surface area contributed by atoms with Gasteiger partial charge in [-0.1, -0.05) is 27.5 Å². The normalized spacial score (nSPS) is 18.1. The number of carboxylic acids is 1. The minimum absolute atomic E-state index is 0.217. The lowest BCUT2D eigenvalue weighted by molar-refractivity contribution is -0.148. The Labute approximate surface area is 129 Å². The first-order chi connectivity index (χ1) is 9.49. The Balaban J connectivity index is 1.96. The lowest BCUT2D eigenvalue weighted by Crippen LogP contribution is -2.42. The van der Waals surface area contributed by atoms with Gasteiger partial charge in [0.15, 0.2) is 6.61 Å². The molecule has 0 bridgehead atoms. The average Bonchev–Trinajstić information content (AvgIpc) is 2.86. The van der Waals surface area contributed by atoms with Gasteiger partial charge in [0.05, 0.1) is 5.02 Å². The number of likely N-dealkylation sites (tertiary alicyclic amines) is 1. The zero-order chi connectivity index (χ0) is 14.7. The van der Waals surface area contributed by atoms with E-state index in [1.54, 1.807) is 18.2 Å². The van der Waals surface area contributed by atoms with Gasteiger partial charge in [0, 0.05) is 11.0 Å². The largest absolute Gasteiger partial charge is 0.482 e. The molecule has 5 nitrogen and oxygen atoms in total. The van der Waals surface area contributed by atoms with Crippen molar-refractivity contribution in [1.82, 2.24) is 4.90 Å². The molecule has 0 aliphatic carbocycles. The van der Waals surface area contributed by atoms with Crippen LogP contribution in [0, 0.1) is 0 Å². The van der Waals surface area contributed by atoms with Crippen LogP contribution in [-0.4, -0.2) is 41.1 Å². The van der Waals surface area contributed by atoms with Gasteiger partial charge in [0.25, 0.3) is 5.91 Å². The van der Waals surface area contributed by atoms with E-state index in [4.69, 9.17) is 21.4 Å². The molecule has 20 heavy (non-hydrogen) atoms. The van der Waals surface area contributed by atoms with Crippen LogP contribution in [0.25, 0.3) is 0 Å². The van der Waals surface area contributed by atoms with Crippen LogP contribution < -0.4 is 4.74 Å². The minimum Gasteiger partial charge on any atom is -0.482 e. The standard InChI is InChI=1S/C13H13BrClNO4/c14-8-3-4-11(9(15)6-8)20-7-12(17)16-5-1-2-10(16)13(18)19/h3-4,6,10H,1-2,5,7H2,(H,18,19)/t10-/m1/s1. The highest BCUT2D eigenvalue weighted by Crippen LogP contribution is 2.28. The molecule has 0 spiro atoms. The predicted octanol–water partition coefficient (Wildman–Crippen LogP) is 2.56. The monoisotopic (exact) mass is 361 g/mol. The van der Waals surface area contributed by atoms with Crippen LogP contribution in [0.4, 0.5) is 0 Å². The zero-order valence-corrected chi connectivity index (χ0v) is 12.9. The number of rotatable bonds is 4. The third kappa shape index (κ3) is 3.43. The molecule has 0 saturated carbocycles. The molecule has 1 saturated heterocycles. The van der Waals surface area contributed by atoms with E-state index in [9.17, 15) is 9.59 Å². The van der Waals surface area contributed by atoms with Crippen LogP contribution >= 0.6 is 27.5 Å². The summed E-state index contributed by atoms with van der Waals surface area (Å²) >= 11 is 9.25. The van der Waals surface area contributed by atoms with Crippen molar-refractivity contribution in [3.8, 4) is 5.75 Å². The molecule has 0 unspecified atom stereocenters. The van der Waals surface area contributed by atoms with Crippen LogP contribution in [0.2, 0.25) is 5.02 Å². The Morgan fingerprint density at radius 3 is 2.90 bits per heavy atom. The Hall–Kier alpha value is -1.27. The second-order valence-electron chi connectivity index (χ2n) is 4.45. The van der Waals surface area contributed by atoms with Gasteiger partial charge in [0.2, 0.25) is 0 Å². The molecule has 0 aromatic heterocycles. The van der Waals surface area contributed by atoms with Crippen LogP contribution in [0.15, 0.2) is 22.7 Å². The molecular formula is C13H13BrClNO4. The molecule has 1 N–H and O–H groups in total. The van der Waals surface area contributed by atoms with Crippen LogP contribution in [0.1, 0.15) is 12.8 Å². The summed E-state index contributed by atoms with van der Waals surface area (Å²) in [6, 6.07) is 4.32. The number of halogens is 2. The molecule has 2 rings (SSSR count). The number of hydrogen-bond acceptors (Lipinski definition) is 3. The zero-order valence-electron chi connectivity index (χ0n) is 10.5. The van der Waals surface area contributed by atoms with Crippen molar-refractivity contribution in [2.45, 2.75) is 18.9 Å². The molecule has 108 valence electrons. The van der Waals surface area contributed by atoms with Gasteiger partial charge >= 0.3 is 5.97 Å². The third-order valence-corrected chi connectivity index (χ3v) is 3.89. The Bertz CT molecular complexity index is 537. The fourth-order valence-electron chi connectivity index (χ4n) is 2.14. The van der Waals surface area contributed by atoms with E-state index in [1.165, 1.54) is 4.90 Å². The maximum atomic E-state index is 12.0. The summed E-state index contributed by atoms with van der Waals surface area (Å²) in [5, 5.41) is 9.42. The van der Waals surface area contributed by atoms with Crippen molar-refractivity contribution >= 4 is 39.4 Å². The molecule has 0 radical (unpaired) electrons. The second kappa shape index (κ2) is 6.45. The van der Waals surface area contributed by atoms with E-state index in [-0.39, 0.29) is 12.5 Å². The SMILES string of the molecule is O=C(O)[C@H]1CCCN1C(=O)COc1ccc(Br)cc1Cl. The molecule has 7 heteroatoms. The second-order valence-corrected chi connectivity index (χ2v) is 5.77. The number of amides is 1. The smallest absolute Gasteiger partial charge is 0.326 e. The van der Waals surface area contributed by atoms with Crippen molar-refractivity contribution in [2.24, 2.45) is 0 Å². The molecule has 1 aliphatic rings. The van der Waals surface area contributed by atoms with Gasteiger partial charge < -0.3 is 14.7 Å². The van der Waals surface area contributed by atoms with Crippen molar-refractivity contribution in [2.75, 3.05) is 13.2 Å². The molecule has 1 aliphatic heterocycles. The lowest BCUT2D eigenvalue weighted by Gasteiger charge is -2.21. The summed E-state index contributed by atoms with van der Waals surface area (Å²) in [5.74, 6) is -0.916. The fourth-order valence-corrected chi connectivity index (χ4v) is 2.86. The summed E-state index contributed by atoms with van der Waals surface area (Å²) in [5.41, 5.74) is 0. The molecule has 1 atom stereocenters. The van der Waals surface area contributed by atoms with E-state index in [0.29, 0.717) is 30.2 Å². The topological polar surface area (TPSA) is 66.8 Å². The van der Waals surface area contributed by atoms with Gasteiger partial charge in [-0.15, -0.1) is 0 Å². The first kappa shape index (κ1) is 15.1. The number of hydrogen-bond donors (Lipinski definition) is 1. The summed E-state index contributed by atoms with van der Waals surface area (Å²) in [6.07, 6.45) is 1.18. The first-order valence-electron chi connectivity index (χ1n) is 6.09. The van der Waals surface area contributed by atoms with E-state index in [2.05, 4.69) is 15.9 Å². The Morgan fingerprint density at radius 1 is 1.50 bits per heavy atom. The summed E-state index contributed by atoms with van der Waals surface area (Å²) in [4.78, 5) is 24.4. The number of carboxylic acid groups (broad SMARTS) is 1. The summed E-state index contributed by atoms with van der Waals surface area (Å²) in [7, 11) is 0. The van der Waals surface area contributed by atoms with Crippen molar-refractivity contribution < 1.29 is 19.4 Å². The summed E-state index contributed by atoms with van der Waals surface area (Å²) < 4.78 is 6.17. The number of carbonyl (C=O) groups is 2. The van der Waals surface area contributed by atoms with Gasteiger partial charge in [-0.2, -0.15) is 0 Å². The summed E-state index contributed by atoms with van der Waals surface area (Å²) in [6.45, 7) is 0.234. The quantitative estimate of drug-likeness (QED) is 0.894. The van der Waals surface area contributed by atoms with Gasteiger partial charge in [-0.25, -0.2) is 4.79 Å². The number of benzene rings is 1. The van der Waals surface area contributed by atoms with E-state index in [0.717, 1.165) is 4.47 Å². The lowest BCUT2D eigenvalue weighted by atomic mass is 10.2. The maximum absolute atomic E-state index is 12.0. The molecule has 1 amide bonds. The third-order valence-electron chi connectivity index (χ3n) is 3.10. The Kier molecular flexibility index (Phi) is 4.88. The predicted molar refractivity (Wildman–Crippen MR) is 77.0 cm³/mol. The van der Waals surface area contributed by atoms with Crippen molar-refractivity contribution in [1.29, 1.82) is 0 Å². The van der Waals surface area contributed by atoms with Crippen molar-refractivity contribution in [3.63, 3.8) is 0 Å². The van der Waals surface area contributed by atoms with E-state index < -0.39 is 12.0 Å². The maximum Gasteiger partial charge on any atom is 0.326 e. The van der Waals surface area contributed by atoms with Gasteiger partial charge in [0.1, 0.15) is 11.8 Å². The average molecular weight is 363 g/mol. The van der Waals surface area contributed by atoms with Crippen LogP contribution in [0.5, 0.6) is 5.75 Å². The van der Waals surface area contributed by atoms with Crippen LogP contribution in [-0.2, 0) is 9.59 Å². The molecule has 1 fully saturated rings. The number of carbonyl (C=O) groups excluding carboxylic acids is 1. The van der Waals surface area contributed by atoms with Crippen molar-refractivity contribution in [3.05, 3.63) is 27.7 Å². The first-order valence-corrected chi connectivity index (χ1v) is 7.26. The van der Waals surface area contributed by atoms with E-state index >= 15 is 0 Å². The number of nitrogens with zero attached hydrogens (tertiary/aromatic N) is 1. The van der Waals surface area contributed by atoms with Crippen LogP contribution in [0.3, 0.4) is 0 Å². The number of aliphatic carboxylic acids is 1. The number of ether oxygens (including phenoxy) is 1.